The molecule has 2 aromatic rings. The maximum Gasteiger partial charge on any atom is 0.324 e. The molecule has 1 heterocycles. The monoisotopic (exact) mass is 488 g/mol. The van der Waals surface area contributed by atoms with E-state index >= 15 is 0 Å². The SMILES string of the molecule is CCOC(=O)C(Cl)Cc1ccc(OCC2(C)CCc3c(C)c(OC(C)=O)c(C)c(C)c3O2)cc1. The Morgan fingerprint density at radius 1 is 1.12 bits per heavy atom. The molecule has 34 heavy (non-hydrogen) atoms. The lowest BCUT2D eigenvalue weighted by Crippen LogP contribution is -2.42. The number of hydrogen-bond donors (Lipinski definition) is 0. The Labute approximate surface area is 206 Å². The summed E-state index contributed by atoms with van der Waals surface area (Å²) in [6.07, 6.45) is 1.97. The lowest BCUT2D eigenvalue weighted by molar-refractivity contribution is -0.142. The van der Waals surface area contributed by atoms with E-state index in [0.717, 1.165) is 52.2 Å². The van der Waals surface area contributed by atoms with Crippen LogP contribution < -0.4 is 14.2 Å². The van der Waals surface area contributed by atoms with Crippen LogP contribution in [0.3, 0.4) is 0 Å². The number of benzene rings is 2. The second-order valence-electron chi connectivity index (χ2n) is 9.01. The molecule has 2 aromatic carbocycles. The Morgan fingerprint density at radius 2 is 1.79 bits per heavy atom. The first-order valence-electron chi connectivity index (χ1n) is 11.6. The molecule has 0 aliphatic carbocycles. The highest BCUT2D eigenvalue weighted by Gasteiger charge is 2.36. The summed E-state index contributed by atoms with van der Waals surface area (Å²) in [6, 6.07) is 7.54. The van der Waals surface area contributed by atoms with Crippen LogP contribution in [-0.4, -0.2) is 36.1 Å². The molecular weight excluding hydrogens is 456 g/mol. The van der Waals surface area contributed by atoms with Crippen molar-refractivity contribution in [3.05, 3.63) is 52.1 Å². The summed E-state index contributed by atoms with van der Waals surface area (Å²) in [5.74, 6) is 1.47. The predicted octanol–water partition coefficient (Wildman–Crippen LogP) is 5.41. The molecule has 0 saturated heterocycles. The Morgan fingerprint density at radius 3 is 2.41 bits per heavy atom. The van der Waals surface area contributed by atoms with Crippen molar-refractivity contribution >= 4 is 23.5 Å². The van der Waals surface area contributed by atoms with Gasteiger partial charge in [-0.3, -0.25) is 9.59 Å². The van der Waals surface area contributed by atoms with E-state index in [1.165, 1.54) is 6.92 Å². The minimum Gasteiger partial charge on any atom is -0.489 e. The van der Waals surface area contributed by atoms with Crippen LogP contribution in [0.1, 0.15) is 55.0 Å². The van der Waals surface area contributed by atoms with Crippen molar-refractivity contribution in [2.24, 2.45) is 0 Å². The van der Waals surface area contributed by atoms with Gasteiger partial charge in [0, 0.05) is 12.5 Å². The minimum atomic E-state index is -0.710. The summed E-state index contributed by atoms with van der Waals surface area (Å²) >= 11 is 6.13. The van der Waals surface area contributed by atoms with Gasteiger partial charge in [0.05, 0.1) is 6.61 Å². The number of hydrogen-bond acceptors (Lipinski definition) is 6. The largest absolute Gasteiger partial charge is 0.489 e. The topological polar surface area (TPSA) is 71.1 Å². The van der Waals surface area contributed by atoms with Crippen LogP contribution in [0.2, 0.25) is 0 Å². The summed E-state index contributed by atoms with van der Waals surface area (Å²) in [5, 5.41) is -0.710. The van der Waals surface area contributed by atoms with Crippen LogP contribution in [-0.2, 0) is 27.2 Å². The number of fused-ring (bicyclic) bond motifs is 1. The van der Waals surface area contributed by atoms with Gasteiger partial charge in [0.15, 0.2) is 0 Å². The van der Waals surface area contributed by atoms with Gasteiger partial charge in [0.1, 0.15) is 34.8 Å². The highest BCUT2D eigenvalue weighted by atomic mass is 35.5. The van der Waals surface area contributed by atoms with Crippen molar-refractivity contribution in [1.82, 2.24) is 0 Å². The molecule has 184 valence electrons. The molecule has 2 atom stereocenters. The molecule has 2 unspecified atom stereocenters. The van der Waals surface area contributed by atoms with Crippen LogP contribution in [0.25, 0.3) is 0 Å². The van der Waals surface area contributed by atoms with Gasteiger partial charge in [-0.1, -0.05) is 12.1 Å². The number of ether oxygens (including phenoxy) is 4. The van der Waals surface area contributed by atoms with Gasteiger partial charge in [0.2, 0.25) is 0 Å². The fourth-order valence-corrected chi connectivity index (χ4v) is 4.40. The zero-order valence-corrected chi connectivity index (χ0v) is 21.5. The molecule has 0 fully saturated rings. The van der Waals surface area contributed by atoms with Crippen molar-refractivity contribution in [2.75, 3.05) is 13.2 Å². The third-order valence-corrected chi connectivity index (χ3v) is 6.57. The van der Waals surface area contributed by atoms with Gasteiger partial charge in [-0.05, 0) is 88.3 Å². The molecule has 0 N–H and O–H groups in total. The van der Waals surface area contributed by atoms with Crippen molar-refractivity contribution in [2.45, 2.75) is 71.8 Å². The number of halogens is 1. The molecule has 6 nitrogen and oxygen atoms in total. The number of carbonyl (C=O) groups excluding carboxylic acids is 2. The van der Waals surface area contributed by atoms with E-state index in [9.17, 15) is 9.59 Å². The molecule has 0 amide bonds. The smallest absolute Gasteiger partial charge is 0.324 e. The van der Waals surface area contributed by atoms with Crippen molar-refractivity contribution in [3.8, 4) is 17.2 Å². The van der Waals surface area contributed by atoms with E-state index < -0.39 is 16.9 Å². The lowest BCUT2D eigenvalue weighted by atomic mass is 9.87. The third-order valence-electron chi connectivity index (χ3n) is 6.23. The van der Waals surface area contributed by atoms with Crippen molar-refractivity contribution in [3.63, 3.8) is 0 Å². The maximum absolute atomic E-state index is 11.7. The zero-order valence-electron chi connectivity index (χ0n) is 20.7. The highest BCUT2D eigenvalue weighted by molar-refractivity contribution is 6.30. The Kier molecular flexibility index (Phi) is 8.13. The fraction of sp³-hybridized carbons (Fsp3) is 0.481. The fourth-order valence-electron chi connectivity index (χ4n) is 4.16. The van der Waals surface area contributed by atoms with Gasteiger partial charge in [-0.25, -0.2) is 0 Å². The van der Waals surface area contributed by atoms with Gasteiger partial charge >= 0.3 is 11.9 Å². The average Bonchev–Trinajstić information content (AvgIpc) is 2.80. The molecule has 0 radical (unpaired) electrons. The Balaban J connectivity index is 1.67. The first-order chi connectivity index (χ1) is 16.0. The molecule has 0 spiro atoms. The van der Waals surface area contributed by atoms with E-state index in [2.05, 4.69) is 0 Å². The van der Waals surface area contributed by atoms with Crippen molar-refractivity contribution < 1.29 is 28.5 Å². The minimum absolute atomic E-state index is 0.312. The van der Waals surface area contributed by atoms with E-state index in [-0.39, 0.29) is 5.97 Å². The number of carbonyl (C=O) groups is 2. The van der Waals surface area contributed by atoms with Gasteiger partial charge < -0.3 is 18.9 Å². The van der Waals surface area contributed by atoms with Crippen LogP contribution in [0.5, 0.6) is 17.2 Å². The normalized spacial score (nSPS) is 17.9. The molecular formula is C27H33ClO6. The first-order valence-corrected chi connectivity index (χ1v) is 12.0. The maximum atomic E-state index is 11.7. The molecule has 1 aliphatic rings. The summed E-state index contributed by atoms with van der Waals surface area (Å²) in [6.45, 7) is 11.8. The molecule has 0 aromatic heterocycles. The van der Waals surface area contributed by atoms with Gasteiger partial charge in [-0.15, -0.1) is 11.6 Å². The zero-order chi connectivity index (χ0) is 25.0. The molecule has 1 aliphatic heterocycles. The van der Waals surface area contributed by atoms with E-state index in [1.807, 2.05) is 52.0 Å². The quantitative estimate of drug-likeness (QED) is 0.281. The predicted molar refractivity (Wildman–Crippen MR) is 131 cm³/mol. The first kappa shape index (κ1) is 25.9. The molecule has 3 rings (SSSR count). The van der Waals surface area contributed by atoms with Crippen LogP contribution >= 0.6 is 11.6 Å². The van der Waals surface area contributed by atoms with E-state index in [0.29, 0.717) is 25.4 Å². The Hall–Kier alpha value is -2.73. The average molecular weight is 489 g/mol. The van der Waals surface area contributed by atoms with E-state index in [1.54, 1.807) is 6.92 Å². The Bertz CT molecular complexity index is 1060. The standard InChI is InChI=1S/C27H33ClO6/c1-7-31-26(30)23(28)14-20-8-10-21(11-9-20)32-15-27(6)13-12-22-18(4)24(33-19(5)29)16(2)17(3)25(22)34-27/h8-11,23H,7,12-15H2,1-6H3. The second-order valence-corrected chi connectivity index (χ2v) is 9.54. The number of alkyl halides is 1. The summed E-state index contributed by atoms with van der Waals surface area (Å²) in [4.78, 5) is 23.3. The lowest BCUT2D eigenvalue weighted by Gasteiger charge is -2.37. The summed E-state index contributed by atoms with van der Waals surface area (Å²) in [5.41, 5.74) is 4.35. The van der Waals surface area contributed by atoms with E-state index in [4.69, 9.17) is 30.5 Å². The van der Waals surface area contributed by atoms with Crippen LogP contribution in [0.4, 0.5) is 0 Å². The number of esters is 2. The van der Waals surface area contributed by atoms with Crippen LogP contribution in [0.15, 0.2) is 24.3 Å². The highest BCUT2D eigenvalue weighted by Crippen LogP contribution is 2.44. The van der Waals surface area contributed by atoms with Gasteiger partial charge in [-0.2, -0.15) is 0 Å². The summed E-state index contributed by atoms with van der Waals surface area (Å²) < 4.78 is 23.0. The molecule has 0 saturated carbocycles. The second kappa shape index (κ2) is 10.7. The number of rotatable bonds is 8. The molecule has 7 heteroatoms. The third kappa shape index (κ3) is 5.84. The summed E-state index contributed by atoms with van der Waals surface area (Å²) in [7, 11) is 0. The van der Waals surface area contributed by atoms with Gasteiger partial charge in [0.25, 0.3) is 0 Å². The van der Waals surface area contributed by atoms with Crippen LogP contribution in [0, 0.1) is 20.8 Å². The molecule has 0 bridgehead atoms. The van der Waals surface area contributed by atoms with Crippen molar-refractivity contribution in [1.29, 1.82) is 0 Å².